The van der Waals surface area contributed by atoms with Crippen LogP contribution >= 0.6 is 0 Å². The van der Waals surface area contributed by atoms with Crippen molar-refractivity contribution < 1.29 is 19.4 Å². The molecule has 1 aromatic carbocycles. The summed E-state index contributed by atoms with van der Waals surface area (Å²) in [6.07, 6.45) is 2.16. The van der Waals surface area contributed by atoms with E-state index in [2.05, 4.69) is 6.92 Å². The summed E-state index contributed by atoms with van der Waals surface area (Å²) >= 11 is 0. The van der Waals surface area contributed by atoms with Crippen LogP contribution in [-0.2, 0) is 16.0 Å². The highest BCUT2D eigenvalue weighted by Crippen LogP contribution is 2.17. The lowest BCUT2D eigenvalue weighted by Crippen LogP contribution is -2.41. The Hall–Kier alpha value is -2.04. The molecule has 1 heterocycles. The molecule has 5 nitrogen and oxygen atoms in total. The van der Waals surface area contributed by atoms with Crippen LogP contribution in [0, 0.1) is 5.92 Å². The number of carboxylic acids is 1. The van der Waals surface area contributed by atoms with E-state index in [1.54, 1.807) is 24.3 Å². The molecule has 5 heteroatoms. The highest BCUT2D eigenvalue weighted by atomic mass is 16.5. The van der Waals surface area contributed by atoms with Gasteiger partial charge in [0.25, 0.3) is 5.91 Å². The van der Waals surface area contributed by atoms with Gasteiger partial charge in [-0.1, -0.05) is 19.1 Å². The van der Waals surface area contributed by atoms with Crippen molar-refractivity contribution in [1.82, 2.24) is 4.90 Å². The van der Waals surface area contributed by atoms with Crippen molar-refractivity contribution in [3.63, 3.8) is 0 Å². The Bertz CT molecular complexity index is 515. The van der Waals surface area contributed by atoms with Gasteiger partial charge in [0.15, 0.2) is 6.61 Å². The Morgan fingerprint density at radius 1 is 1.43 bits per heavy atom. The van der Waals surface area contributed by atoms with Crippen LogP contribution in [0.1, 0.15) is 25.3 Å². The zero-order valence-electron chi connectivity index (χ0n) is 12.2. The molecule has 114 valence electrons. The van der Waals surface area contributed by atoms with Crippen molar-refractivity contribution in [2.45, 2.75) is 26.2 Å². The summed E-state index contributed by atoms with van der Waals surface area (Å²) in [5.74, 6) is 0.185. The Labute approximate surface area is 124 Å². The molecule has 1 fully saturated rings. The second-order valence-corrected chi connectivity index (χ2v) is 5.59. The standard InChI is InChI=1S/C16H21NO4/c1-12-4-3-7-17(10-12)15(18)11-21-14-6-2-5-13(8-14)9-16(19)20/h2,5-6,8,12H,3-4,7,9-11H2,1H3,(H,19,20). The molecule has 0 spiro atoms. The molecule has 1 aliphatic heterocycles. The van der Waals surface area contributed by atoms with E-state index in [1.165, 1.54) is 6.42 Å². The van der Waals surface area contributed by atoms with Crippen molar-refractivity contribution in [1.29, 1.82) is 0 Å². The van der Waals surface area contributed by atoms with Crippen LogP contribution in [0.4, 0.5) is 0 Å². The number of likely N-dealkylation sites (tertiary alicyclic amines) is 1. The third-order valence-electron chi connectivity index (χ3n) is 3.63. The van der Waals surface area contributed by atoms with Gasteiger partial charge in [0.2, 0.25) is 0 Å². The highest BCUT2D eigenvalue weighted by Gasteiger charge is 2.21. The second-order valence-electron chi connectivity index (χ2n) is 5.59. The fraction of sp³-hybridized carbons (Fsp3) is 0.500. The van der Waals surface area contributed by atoms with E-state index in [0.29, 0.717) is 17.2 Å². The Morgan fingerprint density at radius 2 is 2.24 bits per heavy atom. The van der Waals surface area contributed by atoms with Gasteiger partial charge in [-0.3, -0.25) is 9.59 Å². The van der Waals surface area contributed by atoms with E-state index in [1.807, 2.05) is 4.90 Å². The molecular formula is C16H21NO4. The maximum atomic E-state index is 12.1. The number of hydrogen-bond acceptors (Lipinski definition) is 3. The van der Waals surface area contributed by atoms with E-state index in [9.17, 15) is 9.59 Å². The molecule has 0 aromatic heterocycles. The minimum absolute atomic E-state index is 0.00322. The first kappa shape index (κ1) is 15.4. The topological polar surface area (TPSA) is 66.8 Å². The van der Waals surface area contributed by atoms with E-state index < -0.39 is 5.97 Å². The molecule has 1 aliphatic rings. The van der Waals surface area contributed by atoms with Crippen molar-refractivity contribution in [3.05, 3.63) is 29.8 Å². The van der Waals surface area contributed by atoms with Gasteiger partial charge < -0.3 is 14.7 Å². The number of rotatable bonds is 5. The number of piperidine rings is 1. The molecule has 1 aromatic rings. The second kappa shape index (κ2) is 7.11. The molecule has 0 bridgehead atoms. The van der Waals surface area contributed by atoms with E-state index in [-0.39, 0.29) is 18.9 Å². The lowest BCUT2D eigenvalue weighted by atomic mass is 10.0. The fourth-order valence-corrected chi connectivity index (χ4v) is 2.57. The molecule has 1 N–H and O–H groups in total. The van der Waals surface area contributed by atoms with Crippen LogP contribution in [-0.4, -0.2) is 41.6 Å². The van der Waals surface area contributed by atoms with Crippen LogP contribution in [0.15, 0.2) is 24.3 Å². The zero-order valence-corrected chi connectivity index (χ0v) is 12.2. The van der Waals surface area contributed by atoms with Gasteiger partial charge in [0.1, 0.15) is 5.75 Å². The number of ether oxygens (including phenoxy) is 1. The monoisotopic (exact) mass is 291 g/mol. The highest BCUT2D eigenvalue weighted by molar-refractivity contribution is 5.78. The Balaban J connectivity index is 1.87. The number of carboxylic acid groups (broad SMARTS) is 1. The molecule has 21 heavy (non-hydrogen) atoms. The van der Waals surface area contributed by atoms with Gasteiger partial charge in [-0.05, 0) is 36.5 Å². The first-order valence-electron chi connectivity index (χ1n) is 7.26. The van der Waals surface area contributed by atoms with Crippen molar-refractivity contribution >= 4 is 11.9 Å². The van der Waals surface area contributed by atoms with Crippen molar-refractivity contribution in [3.8, 4) is 5.75 Å². The summed E-state index contributed by atoms with van der Waals surface area (Å²) in [6.45, 7) is 3.74. The number of nitrogens with zero attached hydrogens (tertiary/aromatic N) is 1. The average molecular weight is 291 g/mol. The van der Waals surface area contributed by atoms with Gasteiger partial charge in [-0.2, -0.15) is 0 Å². The number of benzene rings is 1. The maximum Gasteiger partial charge on any atom is 0.307 e. The molecular weight excluding hydrogens is 270 g/mol. The summed E-state index contributed by atoms with van der Waals surface area (Å²) in [7, 11) is 0. The molecule has 0 aliphatic carbocycles. The number of carbonyl (C=O) groups is 2. The predicted octanol–water partition coefficient (Wildman–Crippen LogP) is 1.95. The smallest absolute Gasteiger partial charge is 0.307 e. The van der Waals surface area contributed by atoms with Crippen molar-refractivity contribution in [2.75, 3.05) is 19.7 Å². The van der Waals surface area contributed by atoms with Gasteiger partial charge >= 0.3 is 5.97 Å². The van der Waals surface area contributed by atoms with Crippen LogP contribution in [0.25, 0.3) is 0 Å². The number of carbonyl (C=O) groups excluding carboxylic acids is 1. The third-order valence-corrected chi connectivity index (χ3v) is 3.63. The molecule has 2 rings (SSSR count). The van der Waals surface area contributed by atoms with Gasteiger partial charge in [0.05, 0.1) is 6.42 Å². The third kappa shape index (κ3) is 4.77. The number of hydrogen-bond donors (Lipinski definition) is 1. The van der Waals surface area contributed by atoms with Gasteiger partial charge in [0, 0.05) is 13.1 Å². The molecule has 0 radical (unpaired) electrons. The first-order valence-corrected chi connectivity index (χ1v) is 7.26. The summed E-state index contributed by atoms with van der Waals surface area (Å²) in [5.41, 5.74) is 0.666. The van der Waals surface area contributed by atoms with Crippen LogP contribution in [0.2, 0.25) is 0 Å². The molecule has 1 atom stereocenters. The molecule has 1 unspecified atom stereocenters. The Kier molecular flexibility index (Phi) is 5.20. The van der Waals surface area contributed by atoms with Crippen LogP contribution in [0.5, 0.6) is 5.75 Å². The average Bonchev–Trinajstić information content (AvgIpc) is 2.44. The first-order chi connectivity index (χ1) is 10.0. The fourth-order valence-electron chi connectivity index (χ4n) is 2.57. The normalized spacial score (nSPS) is 18.3. The lowest BCUT2D eigenvalue weighted by Gasteiger charge is -2.30. The zero-order chi connectivity index (χ0) is 15.2. The molecule has 0 saturated carbocycles. The van der Waals surface area contributed by atoms with Crippen LogP contribution < -0.4 is 4.74 Å². The summed E-state index contributed by atoms with van der Waals surface area (Å²) in [4.78, 5) is 24.6. The molecule has 1 amide bonds. The van der Waals surface area contributed by atoms with Gasteiger partial charge in [-0.15, -0.1) is 0 Å². The van der Waals surface area contributed by atoms with E-state index in [0.717, 1.165) is 19.5 Å². The van der Waals surface area contributed by atoms with Gasteiger partial charge in [-0.25, -0.2) is 0 Å². The Morgan fingerprint density at radius 3 is 2.95 bits per heavy atom. The number of amides is 1. The van der Waals surface area contributed by atoms with Crippen molar-refractivity contribution in [2.24, 2.45) is 5.92 Å². The largest absolute Gasteiger partial charge is 0.484 e. The maximum absolute atomic E-state index is 12.1. The van der Waals surface area contributed by atoms with Crippen LogP contribution in [0.3, 0.4) is 0 Å². The minimum atomic E-state index is -0.884. The minimum Gasteiger partial charge on any atom is -0.484 e. The van der Waals surface area contributed by atoms with E-state index in [4.69, 9.17) is 9.84 Å². The SMILES string of the molecule is CC1CCCN(C(=O)COc2cccc(CC(=O)O)c2)C1. The molecule has 1 saturated heterocycles. The number of aliphatic carboxylic acids is 1. The predicted molar refractivity (Wildman–Crippen MR) is 78.3 cm³/mol. The summed E-state index contributed by atoms with van der Waals surface area (Å²) in [5, 5.41) is 8.77. The lowest BCUT2D eigenvalue weighted by molar-refractivity contribution is -0.136. The summed E-state index contributed by atoms with van der Waals surface area (Å²) in [6, 6.07) is 6.87. The summed E-state index contributed by atoms with van der Waals surface area (Å²) < 4.78 is 5.49. The quantitative estimate of drug-likeness (QED) is 0.900. The van der Waals surface area contributed by atoms with E-state index >= 15 is 0 Å².